The molecule has 22 heavy (non-hydrogen) atoms. The molecule has 0 saturated carbocycles. The number of carbonyl (C=O) groups is 2. The molecule has 3 aromatic carbocycles. The number of carbonyl (C=O) groups excluding carboxylic acids is 2. The minimum Gasteiger partial charge on any atom is -0.456 e. The van der Waals surface area contributed by atoms with Crippen LogP contribution in [0.2, 0.25) is 0 Å². The van der Waals surface area contributed by atoms with Crippen LogP contribution in [0.5, 0.6) is 11.5 Å². The Bertz CT molecular complexity index is 893. The predicted octanol–water partition coefficient (Wildman–Crippen LogP) is 3.74. The monoisotopic (exact) mass is 289 g/mol. The molecule has 0 fully saturated rings. The summed E-state index contributed by atoms with van der Waals surface area (Å²) in [6.45, 7) is 0. The molecule has 105 valence electrons. The van der Waals surface area contributed by atoms with Crippen molar-refractivity contribution in [1.29, 1.82) is 0 Å². The van der Waals surface area contributed by atoms with E-state index in [1.807, 2.05) is 18.2 Å². The lowest BCUT2D eigenvalue weighted by atomic mass is 9.96. The lowest BCUT2D eigenvalue weighted by molar-refractivity contribution is 0.0391. The number of rotatable bonds is 2. The predicted molar refractivity (Wildman–Crippen MR) is 79.0 cm³/mol. The lowest BCUT2D eigenvalue weighted by Crippen LogP contribution is -2.19. The van der Waals surface area contributed by atoms with E-state index in [0.29, 0.717) is 33.4 Å². The van der Waals surface area contributed by atoms with Gasteiger partial charge in [0.05, 0.1) is 11.1 Å². The first-order valence-electron chi connectivity index (χ1n) is 6.71. The van der Waals surface area contributed by atoms with E-state index in [0.717, 1.165) is 0 Å². The number of cyclic esters (lactones) is 2. The van der Waals surface area contributed by atoms with Crippen LogP contribution < -0.4 is 4.74 Å². The fourth-order valence-electron chi connectivity index (χ4n) is 2.56. The highest BCUT2D eigenvalue weighted by molar-refractivity contribution is 6.21. The molecule has 0 aromatic heterocycles. The second-order valence-corrected chi connectivity index (χ2v) is 4.85. The first-order valence-corrected chi connectivity index (χ1v) is 6.71. The van der Waals surface area contributed by atoms with Crippen molar-refractivity contribution < 1.29 is 19.1 Å². The average Bonchev–Trinajstić information content (AvgIpc) is 2.54. The Morgan fingerprint density at radius 3 is 2.45 bits per heavy atom. The van der Waals surface area contributed by atoms with Crippen LogP contribution in [0.25, 0.3) is 10.8 Å². The summed E-state index contributed by atoms with van der Waals surface area (Å²) in [5.74, 6) is -0.142. The van der Waals surface area contributed by atoms with Crippen molar-refractivity contribution in [2.75, 3.05) is 0 Å². The van der Waals surface area contributed by atoms with Gasteiger partial charge in [-0.15, -0.1) is 0 Å². The van der Waals surface area contributed by atoms with Gasteiger partial charge in [0.25, 0.3) is 0 Å². The third kappa shape index (κ3) is 1.85. The van der Waals surface area contributed by atoms with Crippen LogP contribution in [-0.4, -0.2) is 11.9 Å². The highest BCUT2D eigenvalue weighted by atomic mass is 16.6. The summed E-state index contributed by atoms with van der Waals surface area (Å²) in [6.07, 6.45) is 0. The second-order valence-electron chi connectivity index (χ2n) is 4.85. The molecule has 0 unspecified atom stereocenters. The van der Waals surface area contributed by atoms with Crippen molar-refractivity contribution >= 4 is 22.7 Å². The van der Waals surface area contributed by atoms with Gasteiger partial charge >= 0.3 is 11.9 Å². The molecular formula is C18H9O4. The molecule has 0 saturated heterocycles. The molecule has 1 aliphatic rings. The van der Waals surface area contributed by atoms with Gasteiger partial charge < -0.3 is 9.47 Å². The molecule has 1 heterocycles. The van der Waals surface area contributed by atoms with Gasteiger partial charge in [0.1, 0.15) is 11.5 Å². The van der Waals surface area contributed by atoms with Gasteiger partial charge in [-0.05, 0) is 24.3 Å². The van der Waals surface area contributed by atoms with E-state index in [9.17, 15) is 9.59 Å². The van der Waals surface area contributed by atoms with Gasteiger partial charge in [0, 0.05) is 16.8 Å². The van der Waals surface area contributed by atoms with Crippen LogP contribution in [0, 0.1) is 6.07 Å². The Morgan fingerprint density at radius 2 is 1.68 bits per heavy atom. The summed E-state index contributed by atoms with van der Waals surface area (Å²) in [7, 11) is 0. The molecule has 0 N–H and O–H groups in total. The summed E-state index contributed by atoms with van der Waals surface area (Å²) >= 11 is 0. The van der Waals surface area contributed by atoms with Crippen LogP contribution >= 0.6 is 0 Å². The van der Waals surface area contributed by atoms with Crippen LogP contribution in [0.1, 0.15) is 20.7 Å². The molecule has 4 heteroatoms. The Morgan fingerprint density at radius 1 is 0.864 bits per heavy atom. The summed E-state index contributed by atoms with van der Waals surface area (Å²) < 4.78 is 10.6. The molecule has 0 amide bonds. The van der Waals surface area contributed by atoms with Crippen LogP contribution in [-0.2, 0) is 4.74 Å². The van der Waals surface area contributed by atoms with Crippen LogP contribution in [0.4, 0.5) is 0 Å². The van der Waals surface area contributed by atoms with E-state index in [4.69, 9.17) is 9.47 Å². The summed E-state index contributed by atoms with van der Waals surface area (Å²) in [4.78, 5) is 23.7. The van der Waals surface area contributed by atoms with Crippen molar-refractivity contribution in [2.45, 2.75) is 0 Å². The van der Waals surface area contributed by atoms with Crippen molar-refractivity contribution in [3.8, 4) is 11.5 Å². The van der Waals surface area contributed by atoms with Crippen LogP contribution in [0.15, 0.2) is 54.6 Å². The van der Waals surface area contributed by atoms with Crippen LogP contribution in [0.3, 0.4) is 0 Å². The fourth-order valence-corrected chi connectivity index (χ4v) is 2.56. The Labute approximate surface area is 125 Å². The highest BCUT2D eigenvalue weighted by Crippen LogP contribution is 2.36. The minimum absolute atomic E-state index is 0.370. The van der Waals surface area contributed by atoms with Gasteiger partial charge in [-0.1, -0.05) is 30.3 Å². The fraction of sp³-hybridized carbons (Fsp3) is 0. The molecule has 4 rings (SSSR count). The zero-order chi connectivity index (χ0) is 15.1. The molecule has 0 atom stereocenters. The first-order chi connectivity index (χ1) is 10.7. The maximum atomic E-state index is 11.9. The largest absolute Gasteiger partial charge is 0.456 e. The highest BCUT2D eigenvalue weighted by Gasteiger charge is 2.28. The van der Waals surface area contributed by atoms with Crippen molar-refractivity contribution in [1.82, 2.24) is 0 Å². The maximum Gasteiger partial charge on any atom is 0.346 e. The summed E-state index contributed by atoms with van der Waals surface area (Å²) in [5.41, 5.74) is 0.740. The van der Waals surface area contributed by atoms with Crippen molar-refractivity contribution in [3.63, 3.8) is 0 Å². The zero-order valence-electron chi connectivity index (χ0n) is 11.3. The molecule has 0 bridgehead atoms. The molecular weight excluding hydrogens is 280 g/mol. The van der Waals surface area contributed by atoms with E-state index < -0.39 is 11.9 Å². The topological polar surface area (TPSA) is 52.6 Å². The number of hydrogen-bond acceptors (Lipinski definition) is 4. The van der Waals surface area contributed by atoms with Crippen molar-refractivity contribution in [3.05, 3.63) is 71.8 Å². The second kappa shape index (κ2) is 4.70. The molecule has 1 radical (unpaired) electrons. The number of esters is 2. The Balaban J connectivity index is 1.95. The Kier molecular flexibility index (Phi) is 2.69. The summed E-state index contributed by atoms with van der Waals surface area (Å²) in [6, 6.07) is 18.7. The number of ether oxygens (including phenoxy) is 2. The number of para-hydroxylation sites is 1. The molecule has 4 nitrogen and oxygen atoms in total. The quantitative estimate of drug-likeness (QED) is 0.532. The van der Waals surface area contributed by atoms with E-state index in [1.54, 1.807) is 36.4 Å². The smallest absolute Gasteiger partial charge is 0.346 e. The van der Waals surface area contributed by atoms with E-state index in [1.165, 1.54) is 0 Å². The standard InChI is InChI=1S/C18H9O4/c19-17-13-8-4-7-12-15(21-11-5-2-1-3-6-11)10-9-14(16(12)13)18(20)22-17/h1-5,7-10H. The van der Waals surface area contributed by atoms with Gasteiger partial charge in [-0.25, -0.2) is 9.59 Å². The average molecular weight is 289 g/mol. The van der Waals surface area contributed by atoms with E-state index in [-0.39, 0.29) is 0 Å². The van der Waals surface area contributed by atoms with E-state index >= 15 is 0 Å². The first kappa shape index (κ1) is 12.6. The van der Waals surface area contributed by atoms with Gasteiger partial charge in [0.2, 0.25) is 0 Å². The Hall–Kier alpha value is -3.14. The number of benzene rings is 3. The minimum atomic E-state index is -0.633. The van der Waals surface area contributed by atoms with Gasteiger partial charge in [0.15, 0.2) is 0 Å². The third-order valence-electron chi connectivity index (χ3n) is 3.53. The van der Waals surface area contributed by atoms with E-state index in [2.05, 4.69) is 6.07 Å². The SMILES string of the molecule is O=C1OC(=O)c2ccc(Oc3[c]cccc3)c3cccc1c23. The molecule has 1 aliphatic heterocycles. The maximum absolute atomic E-state index is 11.9. The molecule has 0 spiro atoms. The van der Waals surface area contributed by atoms with Crippen molar-refractivity contribution in [2.24, 2.45) is 0 Å². The normalized spacial score (nSPS) is 13.1. The third-order valence-corrected chi connectivity index (χ3v) is 3.53. The molecule has 0 aliphatic carbocycles. The lowest BCUT2D eigenvalue weighted by Gasteiger charge is -2.17. The van der Waals surface area contributed by atoms with Gasteiger partial charge in [-0.2, -0.15) is 0 Å². The number of hydrogen-bond donors (Lipinski definition) is 0. The zero-order valence-corrected chi connectivity index (χ0v) is 11.3. The molecule has 3 aromatic rings. The summed E-state index contributed by atoms with van der Waals surface area (Å²) in [5, 5.41) is 1.26. The van der Waals surface area contributed by atoms with Gasteiger partial charge in [-0.3, -0.25) is 0 Å².